The van der Waals surface area contributed by atoms with Gasteiger partial charge < -0.3 is 15.8 Å². The molecule has 1 aliphatic heterocycles. The number of aryl methyl sites for hydroxylation is 1. The van der Waals surface area contributed by atoms with Gasteiger partial charge in [0.1, 0.15) is 0 Å². The smallest absolute Gasteiger partial charge is 0.216 e. The van der Waals surface area contributed by atoms with Gasteiger partial charge in [-0.1, -0.05) is 12.1 Å². The van der Waals surface area contributed by atoms with E-state index in [4.69, 9.17) is 10.5 Å². The Morgan fingerprint density at radius 3 is 2.80 bits per heavy atom. The number of sulfonamides is 1. The van der Waals surface area contributed by atoms with Crippen LogP contribution < -0.4 is 11.1 Å². The Bertz CT molecular complexity index is 727. The van der Waals surface area contributed by atoms with Crippen molar-refractivity contribution in [2.24, 2.45) is 10.7 Å². The third-order valence-corrected chi connectivity index (χ3v) is 6.50. The molecule has 3 N–H and O–H groups in total. The van der Waals surface area contributed by atoms with E-state index >= 15 is 0 Å². The number of aliphatic imine (C=N–C) groups is 1. The van der Waals surface area contributed by atoms with E-state index in [-0.39, 0.29) is 18.3 Å². The van der Waals surface area contributed by atoms with Crippen LogP contribution in [0.2, 0.25) is 0 Å². The number of hydrogen-bond acceptors (Lipinski definition) is 4. The average molecular weight is 366 g/mol. The van der Waals surface area contributed by atoms with Crippen LogP contribution in [0, 0.1) is 0 Å². The minimum absolute atomic E-state index is 0.0394. The van der Waals surface area contributed by atoms with Gasteiger partial charge in [0.15, 0.2) is 5.96 Å². The highest BCUT2D eigenvalue weighted by Gasteiger charge is 2.23. The monoisotopic (exact) mass is 366 g/mol. The summed E-state index contributed by atoms with van der Waals surface area (Å²) in [7, 11) is -3.30. The lowest BCUT2D eigenvalue weighted by atomic mass is 9.90. The van der Waals surface area contributed by atoms with Gasteiger partial charge in [-0.2, -0.15) is 4.31 Å². The molecule has 8 heteroatoms. The SMILES string of the molecule is NC(=NCCS(=O)(=O)N1CCOCC1)Nc1cccc2c1CCCC2. The third kappa shape index (κ3) is 4.71. The van der Waals surface area contributed by atoms with Crippen molar-refractivity contribution >= 4 is 21.7 Å². The highest BCUT2D eigenvalue weighted by atomic mass is 32.2. The Kier molecular flexibility index (Phi) is 5.93. The van der Waals surface area contributed by atoms with E-state index in [0.717, 1.165) is 18.5 Å². The molecule has 1 saturated heterocycles. The van der Waals surface area contributed by atoms with Gasteiger partial charge in [0.05, 0.1) is 25.5 Å². The molecule has 0 bridgehead atoms. The highest BCUT2D eigenvalue weighted by molar-refractivity contribution is 7.89. The first-order valence-corrected chi connectivity index (χ1v) is 10.4. The third-order valence-electron chi connectivity index (χ3n) is 4.65. The van der Waals surface area contributed by atoms with Crippen molar-refractivity contribution in [1.82, 2.24) is 4.31 Å². The number of anilines is 1. The van der Waals surface area contributed by atoms with Gasteiger partial charge >= 0.3 is 0 Å². The first-order chi connectivity index (χ1) is 12.1. The van der Waals surface area contributed by atoms with Crippen molar-refractivity contribution in [1.29, 1.82) is 0 Å². The van der Waals surface area contributed by atoms with Gasteiger partial charge in [0.25, 0.3) is 0 Å². The Hall–Kier alpha value is -1.64. The summed E-state index contributed by atoms with van der Waals surface area (Å²) in [6.07, 6.45) is 4.54. The number of nitrogens with zero attached hydrogens (tertiary/aromatic N) is 2. The topological polar surface area (TPSA) is 97.0 Å². The standard InChI is InChI=1S/C17H26N4O3S/c18-17(19-8-13-25(22,23)21-9-11-24-12-10-21)20-16-7-3-5-14-4-1-2-6-15(14)16/h3,5,7H,1-2,4,6,8-13H2,(H3,18,19,20). The van der Waals surface area contributed by atoms with Gasteiger partial charge in [-0.25, -0.2) is 8.42 Å². The molecule has 0 radical (unpaired) electrons. The summed E-state index contributed by atoms with van der Waals surface area (Å²) in [6, 6.07) is 6.17. The van der Waals surface area contributed by atoms with Crippen LogP contribution in [0.15, 0.2) is 23.2 Å². The molecule has 0 saturated carbocycles. The number of ether oxygens (including phenoxy) is 1. The molecule has 0 amide bonds. The lowest BCUT2D eigenvalue weighted by molar-refractivity contribution is 0.0731. The number of benzene rings is 1. The Morgan fingerprint density at radius 1 is 1.24 bits per heavy atom. The fourth-order valence-electron chi connectivity index (χ4n) is 3.31. The van der Waals surface area contributed by atoms with E-state index in [1.54, 1.807) is 0 Å². The molecule has 2 aliphatic rings. The van der Waals surface area contributed by atoms with Crippen LogP contribution in [-0.4, -0.2) is 57.3 Å². The van der Waals surface area contributed by atoms with Crippen LogP contribution in [0.5, 0.6) is 0 Å². The Morgan fingerprint density at radius 2 is 2.00 bits per heavy atom. The van der Waals surface area contributed by atoms with Crippen LogP contribution in [0.1, 0.15) is 24.0 Å². The minimum Gasteiger partial charge on any atom is -0.379 e. The lowest BCUT2D eigenvalue weighted by Crippen LogP contribution is -2.42. The molecule has 0 aromatic heterocycles. The van der Waals surface area contributed by atoms with E-state index in [0.29, 0.717) is 26.3 Å². The van der Waals surface area contributed by atoms with Crippen molar-refractivity contribution < 1.29 is 13.2 Å². The number of rotatable bonds is 5. The summed E-state index contributed by atoms with van der Waals surface area (Å²) < 4.78 is 31.2. The second-order valence-corrected chi connectivity index (χ2v) is 8.46. The fourth-order valence-corrected chi connectivity index (χ4v) is 4.60. The van der Waals surface area contributed by atoms with Gasteiger partial charge in [-0.05, 0) is 42.9 Å². The Labute approximate surface area is 149 Å². The van der Waals surface area contributed by atoms with Crippen LogP contribution in [0.25, 0.3) is 0 Å². The van der Waals surface area contributed by atoms with E-state index in [1.165, 1.54) is 28.3 Å². The fraction of sp³-hybridized carbons (Fsp3) is 0.588. The van der Waals surface area contributed by atoms with Crippen LogP contribution in [-0.2, 0) is 27.6 Å². The molecule has 3 rings (SSSR count). The van der Waals surface area contributed by atoms with Crippen LogP contribution in [0.3, 0.4) is 0 Å². The predicted octanol–water partition coefficient (Wildman–Crippen LogP) is 0.954. The zero-order valence-corrected chi connectivity index (χ0v) is 15.2. The first kappa shape index (κ1) is 18.2. The molecule has 0 spiro atoms. The zero-order chi connectivity index (χ0) is 17.7. The molecule has 25 heavy (non-hydrogen) atoms. The molecular formula is C17H26N4O3S. The van der Waals surface area contributed by atoms with Gasteiger partial charge in [-0.15, -0.1) is 0 Å². The molecule has 0 unspecified atom stereocenters. The molecule has 1 aromatic rings. The normalized spacial score (nSPS) is 19.4. The average Bonchev–Trinajstić information content (AvgIpc) is 2.63. The van der Waals surface area contributed by atoms with Gasteiger partial charge in [-0.3, -0.25) is 4.99 Å². The lowest BCUT2D eigenvalue weighted by Gasteiger charge is -2.25. The first-order valence-electron chi connectivity index (χ1n) is 8.79. The molecule has 1 aliphatic carbocycles. The summed E-state index contributed by atoms with van der Waals surface area (Å²) in [5, 5.41) is 3.14. The van der Waals surface area contributed by atoms with E-state index in [9.17, 15) is 8.42 Å². The van der Waals surface area contributed by atoms with E-state index in [1.807, 2.05) is 12.1 Å². The van der Waals surface area contributed by atoms with Gasteiger partial charge in [0.2, 0.25) is 10.0 Å². The maximum Gasteiger partial charge on any atom is 0.216 e. The summed E-state index contributed by atoms with van der Waals surface area (Å²) >= 11 is 0. The van der Waals surface area contributed by atoms with Crippen LogP contribution in [0.4, 0.5) is 5.69 Å². The van der Waals surface area contributed by atoms with Crippen LogP contribution >= 0.6 is 0 Å². The Balaban J connectivity index is 1.57. The van der Waals surface area contributed by atoms with Crippen molar-refractivity contribution in [2.75, 3.05) is 43.9 Å². The number of fused-ring (bicyclic) bond motifs is 1. The molecule has 7 nitrogen and oxygen atoms in total. The summed E-state index contributed by atoms with van der Waals surface area (Å²) in [4.78, 5) is 4.19. The summed E-state index contributed by atoms with van der Waals surface area (Å²) in [5.41, 5.74) is 9.60. The van der Waals surface area contributed by atoms with E-state index < -0.39 is 10.0 Å². The molecule has 1 aromatic carbocycles. The minimum atomic E-state index is -3.30. The van der Waals surface area contributed by atoms with Crippen molar-refractivity contribution in [3.63, 3.8) is 0 Å². The molecule has 0 atom stereocenters. The molecule has 1 heterocycles. The number of nitrogens with one attached hydrogen (secondary N) is 1. The van der Waals surface area contributed by atoms with Crippen molar-refractivity contribution in [3.05, 3.63) is 29.3 Å². The zero-order valence-electron chi connectivity index (χ0n) is 14.4. The predicted molar refractivity (Wildman–Crippen MR) is 99.4 cm³/mol. The quantitative estimate of drug-likeness (QED) is 0.597. The molecular weight excluding hydrogens is 340 g/mol. The maximum atomic E-state index is 12.3. The number of guanidine groups is 1. The van der Waals surface area contributed by atoms with Gasteiger partial charge in [0, 0.05) is 18.8 Å². The van der Waals surface area contributed by atoms with Crippen molar-refractivity contribution in [3.8, 4) is 0 Å². The second kappa shape index (κ2) is 8.16. The largest absolute Gasteiger partial charge is 0.379 e. The number of nitrogens with two attached hydrogens (primary N) is 1. The second-order valence-electron chi connectivity index (χ2n) is 6.37. The summed E-state index contributed by atoms with van der Waals surface area (Å²) in [6.45, 7) is 1.87. The molecule has 1 fully saturated rings. The molecule has 138 valence electrons. The van der Waals surface area contributed by atoms with E-state index in [2.05, 4.69) is 16.4 Å². The number of morpholine rings is 1. The summed E-state index contributed by atoms with van der Waals surface area (Å²) in [5.74, 6) is 0.221. The number of hydrogen-bond donors (Lipinski definition) is 2. The highest BCUT2D eigenvalue weighted by Crippen LogP contribution is 2.27. The van der Waals surface area contributed by atoms with Crippen molar-refractivity contribution in [2.45, 2.75) is 25.7 Å². The maximum absolute atomic E-state index is 12.3.